The Morgan fingerprint density at radius 1 is 1.03 bits per heavy atom. The molecule has 4 aromatic rings. The largest absolute Gasteiger partial charge is 0.516 e. The number of nitrogens with one attached hydrogen (secondary N) is 1. The van der Waals surface area contributed by atoms with Gasteiger partial charge >= 0.3 is 15.5 Å². The van der Waals surface area contributed by atoms with Gasteiger partial charge in [-0.05, 0) is 41.8 Å². The molecule has 29 heavy (non-hydrogen) atoms. The summed E-state index contributed by atoms with van der Waals surface area (Å²) in [4.78, 5) is 4.50. The Kier molecular flexibility index (Phi) is 4.83. The summed E-state index contributed by atoms with van der Waals surface area (Å²) in [5.74, 6) is 0.520. The molecule has 3 aromatic carbocycles. The summed E-state index contributed by atoms with van der Waals surface area (Å²) in [5, 5.41) is 1.97. The van der Waals surface area contributed by atoms with E-state index in [1.165, 1.54) is 29.5 Å². The first-order chi connectivity index (χ1) is 13.7. The van der Waals surface area contributed by atoms with Gasteiger partial charge in [0.25, 0.3) is 0 Å². The van der Waals surface area contributed by atoms with Crippen LogP contribution in [0, 0.1) is 0 Å². The number of hydrogen-bond acceptors (Lipinski definition) is 5. The van der Waals surface area contributed by atoms with E-state index in [0.717, 1.165) is 15.2 Å². The molecule has 10 heteroatoms. The van der Waals surface area contributed by atoms with Gasteiger partial charge in [-0.15, -0.1) is 11.3 Å². The van der Waals surface area contributed by atoms with Crippen LogP contribution in [0.3, 0.4) is 0 Å². The van der Waals surface area contributed by atoms with E-state index in [2.05, 4.69) is 4.98 Å². The maximum Gasteiger partial charge on any atom is 0.516 e. The van der Waals surface area contributed by atoms with Crippen molar-refractivity contribution in [1.29, 1.82) is 0 Å². The van der Waals surface area contributed by atoms with Crippen LogP contribution >= 0.6 is 11.3 Å². The van der Waals surface area contributed by atoms with Gasteiger partial charge in [-0.1, -0.05) is 24.3 Å². The second-order valence-electron chi connectivity index (χ2n) is 6.11. The SMILES string of the molecule is O=S(=O)(Nc1ccc2c(OCc3nc4ccccc4s3)cccc2c1)C(F)(F)F. The van der Waals surface area contributed by atoms with Crippen LogP contribution in [0.25, 0.3) is 21.0 Å². The van der Waals surface area contributed by atoms with Gasteiger partial charge in [0.15, 0.2) is 0 Å². The van der Waals surface area contributed by atoms with Crippen LogP contribution in [0.4, 0.5) is 18.9 Å². The molecule has 1 aromatic heterocycles. The Morgan fingerprint density at radius 2 is 1.83 bits per heavy atom. The summed E-state index contributed by atoms with van der Waals surface area (Å²) in [6, 6.07) is 16.9. The predicted octanol–water partition coefficient (Wildman–Crippen LogP) is 5.29. The lowest BCUT2D eigenvalue weighted by molar-refractivity contribution is -0.0429. The normalized spacial score (nSPS) is 12.4. The number of ether oxygens (including phenoxy) is 1. The van der Waals surface area contributed by atoms with E-state index in [1.807, 2.05) is 24.3 Å². The first kappa shape index (κ1) is 19.5. The first-order valence-electron chi connectivity index (χ1n) is 8.32. The molecule has 0 saturated carbocycles. The number of fused-ring (bicyclic) bond motifs is 2. The van der Waals surface area contributed by atoms with Crippen molar-refractivity contribution in [3.05, 3.63) is 65.7 Å². The highest BCUT2D eigenvalue weighted by molar-refractivity contribution is 7.93. The molecule has 1 heterocycles. The number of thiazole rings is 1. The lowest BCUT2D eigenvalue weighted by Gasteiger charge is -2.12. The van der Waals surface area contributed by atoms with Crippen molar-refractivity contribution >= 4 is 48.0 Å². The molecule has 1 N–H and O–H groups in total. The van der Waals surface area contributed by atoms with Gasteiger partial charge in [0.2, 0.25) is 0 Å². The number of anilines is 1. The highest BCUT2D eigenvalue weighted by Gasteiger charge is 2.46. The minimum atomic E-state index is -5.48. The van der Waals surface area contributed by atoms with Crippen LogP contribution < -0.4 is 9.46 Å². The quantitative estimate of drug-likeness (QED) is 0.460. The summed E-state index contributed by atoms with van der Waals surface area (Å²) >= 11 is 1.51. The van der Waals surface area contributed by atoms with Crippen molar-refractivity contribution in [2.24, 2.45) is 0 Å². The Bertz CT molecular complexity index is 1270. The minimum Gasteiger partial charge on any atom is -0.486 e. The lowest BCUT2D eigenvalue weighted by atomic mass is 10.1. The maximum atomic E-state index is 12.6. The van der Waals surface area contributed by atoms with Crippen molar-refractivity contribution in [3.63, 3.8) is 0 Å². The van der Waals surface area contributed by atoms with Gasteiger partial charge in [0, 0.05) is 11.1 Å². The van der Waals surface area contributed by atoms with Crippen LogP contribution in [0.15, 0.2) is 60.7 Å². The number of hydrogen-bond donors (Lipinski definition) is 1. The lowest BCUT2D eigenvalue weighted by Crippen LogP contribution is -2.29. The standard InChI is InChI=1S/C19H13F3N2O3S2/c20-19(21,22)29(25,26)24-13-8-9-14-12(10-13)4-3-6-16(14)27-11-18-23-15-5-1-2-7-17(15)28-18/h1-10,24H,11H2. The monoisotopic (exact) mass is 438 g/mol. The molecular formula is C19H13F3N2O3S2. The van der Waals surface area contributed by atoms with Gasteiger partial charge in [-0.25, -0.2) is 4.98 Å². The summed E-state index contributed by atoms with van der Waals surface area (Å²) in [6.45, 7) is 0.237. The Hall–Kier alpha value is -2.85. The van der Waals surface area contributed by atoms with E-state index < -0.39 is 15.5 Å². The van der Waals surface area contributed by atoms with E-state index in [0.29, 0.717) is 16.5 Å². The zero-order valence-electron chi connectivity index (χ0n) is 14.6. The van der Waals surface area contributed by atoms with E-state index in [-0.39, 0.29) is 12.3 Å². The fourth-order valence-corrected chi connectivity index (χ4v) is 4.21. The molecule has 5 nitrogen and oxygen atoms in total. The molecule has 150 valence electrons. The number of halogens is 3. The fourth-order valence-electron chi connectivity index (χ4n) is 2.78. The second-order valence-corrected chi connectivity index (χ2v) is 8.90. The Labute approximate surface area is 167 Å². The van der Waals surface area contributed by atoms with Crippen molar-refractivity contribution in [1.82, 2.24) is 4.98 Å². The third-order valence-corrected chi connectivity index (χ3v) is 6.21. The number of rotatable bonds is 5. The molecule has 0 amide bonds. The van der Waals surface area contributed by atoms with Crippen molar-refractivity contribution in [3.8, 4) is 5.75 Å². The van der Waals surface area contributed by atoms with Gasteiger partial charge < -0.3 is 4.74 Å². The van der Waals surface area contributed by atoms with E-state index in [4.69, 9.17) is 4.74 Å². The van der Waals surface area contributed by atoms with E-state index in [1.54, 1.807) is 22.9 Å². The maximum absolute atomic E-state index is 12.6. The molecule has 0 spiro atoms. The van der Waals surface area contributed by atoms with Crippen LogP contribution in [0.5, 0.6) is 5.75 Å². The molecule has 0 bridgehead atoms. The first-order valence-corrected chi connectivity index (χ1v) is 10.6. The predicted molar refractivity (Wildman–Crippen MR) is 106 cm³/mol. The van der Waals surface area contributed by atoms with E-state index >= 15 is 0 Å². The van der Waals surface area contributed by atoms with Crippen molar-refractivity contribution in [2.45, 2.75) is 12.1 Å². The molecule has 0 saturated heterocycles. The zero-order chi connectivity index (χ0) is 20.6. The van der Waals surface area contributed by atoms with Gasteiger partial charge in [0.1, 0.15) is 17.4 Å². The molecule has 0 fully saturated rings. The summed E-state index contributed by atoms with van der Waals surface area (Å²) in [6.07, 6.45) is 0. The number of nitrogens with zero attached hydrogens (tertiary/aromatic N) is 1. The highest BCUT2D eigenvalue weighted by atomic mass is 32.2. The van der Waals surface area contributed by atoms with Crippen LogP contribution in [0.1, 0.15) is 5.01 Å². The fraction of sp³-hybridized carbons (Fsp3) is 0.105. The molecule has 0 aliphatic carbocycles. The molecule has 0 unspecified atom stereocenters. The molecule has 0 aliphatic heterocycles. The third-order valence-electron chi connectivity index (χ3n) is 4.09. The van der Waals surface area contributed by atoms with Crippen molar-refractivity contribution < 1.29 is 26.3 Å². The van der Waals surface area contributed by atoms with Crippen LogP contribution in [-0.4, -0.2) is 18.9 Å². The molecule has 0 radical (unpaired) electrons. The number of para-hydroxylation sites is 1. The van der Waals surface area contributed by atoms with Gasteiger partial charge in [-0.2, -0.15) is 21.6 Å². The third kappa shape index (κ3) is 3.99. The second kappa shape index (κ2) is 7.20. The van der Waals surface area contributed by atoms with E-state index in [9.17, 15) is 21.6 Å². The molecular weight excluding hydrogens is 425 g/mol. The number of sulfonamides is 1. The van der Waals surface area contributed by atoms with Crippen LogP contribution in [0.2, 0.25) is 0 Å². The highest BCUT2D eigenvalue weighted by Crippen LogP contribution is 2.31. The van der Waals surface area contributed by atoms with Crippen molar-refractivity contribution in [2.75, 3.05) is 4.72 Å². The van der Waals surface area contributed by atoms with Crippen LogP contribution in [-0.2, 0) is 16.6 Å². The summed E-state index contributed by atoms with van der Waals surface area (Å²) in [5.41, 5.74) is -4.68. The number of aromatic nitrogens is 1. The topological polar surface area (TPSA) is 68.3 Å². The molecule has 0 aliphatic rings. The number of benzene rings is 3. The average Bonchev–Trinajstić information content (AvgIpc) is 3.08. The zero-order valence-corrected chi connectivity index (χ0v) is 16.2. The molecule has 4 rings (SSSR count). The Balaban J connectivity index is 1.57. The summed E-state index contributed by atoms with van der Waals surface area (Å²) in [7, 11) is -5.48. The average molecular weight is 438 g/mol. The molecule has 0 atom stereocenters. The summed E-state index contributed by atoms with van der Waals surface area (Å²) < 4.78 is 68.7. The Morgan fingerprint density at radius 3 is 2.59 bits per heavy atom. The van der Waals surface area contributed by atoms with Gasteiger partial charge in [0.05, 0.1) is 10.2 Å². The smallest absolute Gasteiger partial charge is 0.486 e. The van der Waals surface area contributed by atoms with Gasteiger partial charge in [-0.3, -0.25) is 4.72 Å². The number of alkyl halides is 3. The minimum absolute atomic E-state index is 0.182.